The number of nitrogens with one attached hydrogen (secondary N) is 1. The molecule has 4 heterocycles. The molecule has 5 rings (SSSR count). The summed E-state index contributed by atoms with van der Waals surface area (Å²) in [4.78, 5) is 21.7. The van der Waals surface area contributed by atoms with Gasteiger partial charge in [-0.25, -0.2) is 4.98 Å². The van der Waals surface area contributed by atoms with Crippen molar-refractivity contribution in [2.24, 2.45) is 0 Å². The number of methoxy groups -OCH3 is 1. The lowest BCUT2D eigenvalue weighted by atomic mass is 10.0. The monoisotopic (exact) mass is 419 g/mol. The molecule has 1 amide bonds. The Labute approximate surface area is 178 Å². The van der Waals surface area contributed by atoms with E-state index in [4.69, 9.17) is 14.1 Å². The lowest BCUT2D eigenvalue weighted by Gasteiger charge is -2.36. The van der Waals surface area contributed by atoms with E-state index in [0.717, 1.165) is 38.5 Å². The summed E-state index contributed by atoms with van der Waals surface area (Å²) >= 11 is 1.42. The number of anilines is 1. The topological polar surface area (TPSA) is 67.6 Å². The van der Waals surface area contributed by atoms with Crippen LogP contribution in [0.3, 0.4) is 0 Å². The van der Waals surface area contributed by atoms with E-state index in [1.165, 1.54) is 11.3 Å². The molecule has 30 heavy (non-hydrogen) atoms. The van der Waals surface area contributed by atoms with Crippen LogP contribution in [0.15, 0.2) is 59.2 Å². The number of furan rings is 1. The Balaban J connectivity index is 1.67. The third-order valence-electron chi connectivity index (χ3n) is 5.24. The fraction of sp³-hybridized carbons (Fsp3) is 0.217. The maximum atomic E-state index is 13.6. The van der Waals surface area contributed by atoms with Gasteiger partial charge in [0, 0.05) is 18.2 Å². The third-order valence-corrected chi connectivity index (χ3v) is 6.31. The molecule has 152 valence electrons. The maximum absolute atomic E-state index is 13.6. The molecule has 4 aromatic rings. The summed E-state index contributed by atoms with van der Waals surface area (Å²) in [6.45, 7) is 2.80. The van der Waals surface area contributed by atoms with Gasteiger partial charge in [0.2, 0.25) is 0 Å². The maximum Gasteiger partial charge on any atom is 0.268 e. The number of hydrogen-bond acceptors (Lipinski definition) is 6. The molecule has 0 saturated heterocycles. The van der Waals surface area contributed by atoms with Gasteiger partial charge in [-0.1, -0.05) is 30.3 Å². The van der Waals surface area contributed by atoms with Gasteiger partial charge in [0.1, 0.15) is 21.6 Å². The molecule has 1 aliphatic rings. The minimum Gasteiger partial charge on any atom is -0.467 e. The zero-order valence-electron chi connectivity index (χ0n) is 16.7. The first-order valence-corrected chi connectivity index (χ1v) is 10.5. The van der Waals surface area contributed by atoms with E-state index in [1.54, 1.807) is 13.4 Å². The summed E-state index contributed by atoms with van der Waals surface area (Å²) in [6.07, 6.45) is 1.31. The zero-order chi connectivity index (χ0) is 20.7. The van der Waals surface area contributed by atoms with Crippen LogP contribution in [0.5, 0.6) is 0 Å². The number of hydrogen-bond donors (Lipinski definition) is 1. The van der Waals surface area contributed by atoms with Crippen molar-refractivity contribution < 1.29 is 13.9 Å². The van der Waals surface area contributed by atoms with E-state index in [9.17, 15) is 4.79 Å². The summed E-state index contributed by atoms with van der Waals surface area (Å²) < 4.78 is 11.0. The lowest BCUT2D eigenvalue weighted by molar-refractivity contribution is 0.0657. The van der Waals surface area contributed by atoms with Crippen molar-refractivity contribution in [1.82, 2.24) is 9.88 Å². The second-order valence-corrected chi connectivity index (χ2v) is 8.31. The van der Waals surface area contributed by atoms with Crippen molar-refractivity contribution in [2.75, 3.05) is 12.4 Å². The molecule has 1 aromatic carbocycles. The molecule has 3 aromatic heterocycles. The number of amides is 1. The van der Waals surface area contributed by atoms with Gasteiger partial charge in [0.25, 0.3) is 5.91 Å². The number of thiophene rings is 1. The molecular formula is C23H21N3O3S. The Morgan fingerprint density at radius 3 is 2.80 bits per heavy atom. The van der Waals surface area contributed by atoms with E-state index >= 15 is 0 Å². The van der Waals surface area contributed by atoms with Gasteiger partial charge in [-0.15, -0.1) is 11.3 Å². The number of ether oxygens (including phenoxy) is 1. The number of pyridine rings is 1. The Morgan fingerprint density at radius 1 is 1.23 bits per heavy atom. The first-order valence-electron chi connectivity index (χ1n) is 9.72. The van der Waals surface area contributed by atoms with Crippen LogP contribution in [-0.2, 0) is 17.9 Å². The third kappa shape index (κ3) is 3.16. The molecule has 1 N–H and O–H groups in total. The number of carbonyl (C=O) groups is 1. The van der Waals surface area contributed by atoms with Crippen LogP contribution in [0.2, 0.25) is 0 Å². The van der Waals surface area contributed by atoms with Crippen molar-refractivity contribution in [3.8, 4) is 0 Å². The number of nitrogens with zero attached hydrogens (tertiary/aromatic N) is 2. The molecule has 0 bridgehead atoms. The van der Waals surface area contributed by atoms with Crippen molar-refractivity contribution in [3.05, 3.63) is 82.3 Å². The standard InChI is InChI=1S/C23H21N3O3S/c1-14-11-16(13-28-2)18-19-20(30-22(18)24-14)23(27)26(12-17-9-6-10-29-17)21(25-19)15-7-4-3-5-8-15/h3-11,21,25H,12-13H2,1-2H3. The number of fused-ring (bicyclic) bond motifs is 3. The van der Waals surface area contributed by atoms with Gasteiger partial charge in [-0.2, -0.15) is 0 Å². The number of aromatic nitrogens is 1. The van der Waals surface area contributed by atoms with Crippen LogP contribution in [0.25, 0.3) is 10.2 Å². The molecule has 0 aliphatic carbocycles. The lowest BCUT2D eigenvalue weighted by Crippen LogP contribution is -2.41. The second-order valence-electron chi connectivity index (χ2n) is 7.31. The Bertz CT molecular complexity index is 1200. The first-order chi connectivity index (χ1) is 14.7. The molecule has 7 heteroatoms. The normalized spacial score (nSPS) is 16.0. The van der Waals surface area contributed by atoms with E-state index in [-0.39, 0.29) is 12.1 Å². The highest BCUT2D eigenvalue weighted by molar-refractivity contribution is 7.21. The number of carbonyl (C=O) groups excluding carboxylic acids is 1. The van der Waals surface area contributed by atoms with Crippen LogP contribution in [0, 0.1) is 6.92 Å². The van der Waals surface area contributed by atoms with Gasteiger partial charge in [0.15, 0.2) is 0 Å². The number of aryl methyl sites for hydroxylation is 1. The highest BCUT2D eigenvalue weighted by Crippen LogP contribution is 2.44. The van der Waals surface area contributed by atoms with Crippen molar-refractivity contribution in [3.63, 3.8) is 0 Å². The smallest absolute Gasteiger partial charge is 0.268 e. The van der Waals surface area contributed by atoms with Gasteiger partial charge in [0.05, 0.1) is 25.1 Å². The first kappa shape index (κ1) is 18.8. The van der Waals surface area contributed by atoms with Gasteiger partial charge in [-0.3, -0.25) is 4.79 Å². The van der Waals surface area contributed by atoms with Crippen LogP contribution in [0.1, 0.15) is 38.4 Å². The molecule has 1 aliphatic heterocycles. The minimum atomic E-state index is -0.314. The summed E-state index contributed by atoms with van der Waals surface area (Å²) in [5.74, 6) is 0.711. The average molecular weight is 420 g/mol. The molecular weight excluding hydrogens is 398 g/mol. The van der Waals surface area contributed by atoms with Crippen molar-refractivity contribution in [2.45, 2.75) is 26.2 Å². The summed E-state index contributed by atoms with van der Waals surface area (Å²) in [6, 6.07) is 15.7. The number of rotatable bonds is 5. The van der Waals surface area contributed by atoms with Gasteiger partial charge >= 0.3 is 0 Å². The van der Waals surface area contributed by atoms with Crippen LogP contribution in [-0.4, -0.2) is 22.9 Å². The summed E-state index contributed by atoms with van der Waals surface area (Å²) in [7, 11) is 1.68. The fourth-order valence-electron chi connectivity index (χ4n) is 3.96. The Hall–Kier alpha value is -3.16. The fourth-order valence-corrected chi connectivity index (χ4v) is 5.15. The van der Waals surface area contributed by atoms with Crippen LogP contribution in [0.4, 0.5) is 5.69 Å². The molecule has 0 radical (unpaired) electrons. The highest BCUT2D eigenvalue weighted by atomic mass is 32.1. The molecule has 0 spiro atoms. The predicted octanol–water partition coefficient (Wildman–Crippen LogP) is 5.11. The largest absolute Gasteiger partial charge is 0.467 e. The van der Waals surface area contributed by atoms with E-state index in [2.05, 4.69) is 5.32 Å². The van der Waals surface area contributed by atoms with E-state index in [1.807, 2.05) is 60.4 Å². The molecule has 1 unspecified atom stereocenters. The number of benzene rings is 1. The van der Waals surface area contributed by atoms with Crippen molar-refractivity contribution in [1.29, 1.82) is 0 Å². The van der Waals surface area contributed by atoms with Crippen molar-refractivity contribution >= 4 is 33.1 Å². The summed E-state index contributed by atoms with van der Waals surface area (Å²) in [5.41, 5.74) is 3.79. The quantitative estimate of drug-likeness (QED) is 0.487. The average Bonchev–Trinajstić information content (AvgIpc) is 3.38. The molecule has 0 fully saturated rings. The van der Waals surface area contributed by atoms with Gasteiger partial charge < -0.3 is 19.4 Å². The molecule has 1 atom stereocenters. The minimum absolute atomic E-state index is 0.0296. The zero-order valence-corrected chi connectivity index (χ0v) is 17.5. The SMILES string of the molecule is COCc1cc(C)nc2sc3c(c12)NC(c1ccccc1)N(Cc1ccco1)C3=O. The second kappa shape index (κ2) is 7.59. The van der Waals surface area contributed by atoms with Gasteiger partial charge in [-0.05, 0) is 36.2 Å². The van der Waals surface area contributed by atoms with Crippen LogP contribution < -0.4 is 5.32 Å². The predicted molar refractivity (Wildman–Crippen MR) is 116 cm³/mol. The Kier molecular flexibility index (Phi) is 4.77. The van der Waals surface area contributed by atoms with E-state index < -0.39 is 0 Å². The van der Waals surface area contributed by atoms with Crippen LogP contribution >= 0.6 is 11.3 Å². The Morgan fingerprint density at radius 2 is 2.07 bits per heavy atom. The molecule has 6 nitrogen and oxygen atoms in total. The molecule has 0 saturated carbocycles. The van der Waals surface area contributed by atoms with E-state index in [0.29, 0.717) is 18.0 Å². The highest BCUT2D eigenvalue weighted by Gasteiger charge is 2.37. The summed E-state index contributed by atoms with van der Waals surface area (Å²) in [5, 5.41) is 4.59.